The third kappa shape index (κ3) is 9.74. The average Bonchev–Trinajstić information content (AvgIpc) is 3.91. The Balaban J connectivity index is 1.43. The number of carboxylic acid groups (broad SMARTS) is 1. The normalized spacial score (nSPS) is 20.9. The standard InChI is InChI=1S/C44H50N2O8/c1-43(2,3)54-42(50)45-35(26-31-16-8-4-9-17-31)40(47)46-36(30-51-27-32-18-10-5-11-19-32)37(52-28-33-20-12-6-13-21-33)38(39(46)44(24-25-44)41(48)49)53-29-34-22-14-7-15-23-34/h4-23,35-39H,24-30H2,1-3H3,(H,45,50)(H,48,49)/t35-,36+,37+,38-,39-/m0/s1. The Kier molecular flexibility index (Phi) is 12.5. The molecule has 0 bridgehead atoms. The number of hydrogen-bond donors (Lipinski definition) is 2. The van der Waals surface area contributed by atoms with Gasteiger partial charge in [0.2, 0.25) is 5.91 Å². The summed E-state index contributed by atoms with van der Waals surface area (Å²) in [5.41, 5.74) is 1.46. The lowest BCUT2D eigenvalue weighted by atomic mass is 9.90. The van der Waals surface area contributed by atoms with Gasteiger partial charge in [-0.15, -0.1) is 0 Å². The summed E-state index contributed by atoms with van der Waals surface area (Å²) in [5.74, 6) is -1.47. The maximum atomic E-state index is 15.3. The SMILES string of the molecule is CC(C)(C)OC(=O)N[C@@H](Cc1ccccc1)C(=O)N1[C@H](COCc2ccccc2)[C@@H](OCc2ccccc2)[C@H](OCc2ccccc2)[C@H]1C1(C(=O)O)CC1. The first-order valence-corrected chi connectivity index (χ1v) is 18.6. The zero-order valence-electron chi connectivity index (χ0n) is 31.1. The van der Waals surface area contributed by atoms with E-state index in [9.17, 15) is 14.7 Å². The molecule has 284 valence electrons. The van der Waals surface area contributed by atoms with Crippen LogP contribution in [0.25, 0.3) is 0 Å². The number of carboxylic acids is 1. The zero-order valence-corrected chi connectivity index (χ0v) is 31.1. The first-order chi connectivity index (χ1) is 26.0. The topological polar surface area (TPSA) is 124 Å². The molecule has 5 atom stereocenters. The molecule has 6 rings (SSSR count). The summed E-state index contributed by atoms with van der Waals surface area (Å²) in [6.45, 7) is 5.93. The molecule has 1 heterocycles. The van der Waals surface area contributed by atoms with Crippen LogP contribution >= 0.6 is 0 Å². The molecule has 0 radical (unpaired) electrons. The summed E-state index contributed by atoms with van der Waals surface area (Å²) in [7, 11) is 0. The van der Waals surface area contributed by atoms with Gasteiger partial charge in [-0.1, -0.05) is 121 Å². The van der Waals surface area contributed by atoms with Gasteiger partial charge in [-0.05, 0) is 55.9 Å². The fourth-order valence-corrected chi connectivity index (χ4v) is 7.23. The molecule has 2 amide bonds. The van der Waals surface area contributed by atoms with Gasteiger partial charge in [0.1, 0.15) is 23.9 Å². The van der Waals surface area contributed by atoms with Crippen LogP contribution < -0.4 is 5.32 Å². The lowest BCUT2D eigenvalue weighted by Gasteiger charge is -2.37. The van der Waals surface area contributed by atoms with Gasteiger partial charge in [-0.3, -0.25) is 9.59 Å². The Labute approximate surface area is 317 Å². The number of hydrogen-bond acceptors (Lipinski definition) is 7. The number of aliphatic carboxylic acids is 1. The van der Waals surface area contributed by atoms with Crippen LogP contribution in [0.5, 0.6) is 0 Å². The van der Waals surface area contributed by atoms with E-state index < -0.39 is 59.3 Å². The van der Waals surface area contributed by atoms with Crippen LogP contribution in [0.2, 0.25) is 0 Å². The summed E-state index contributed by atoms with van der Waals surface area (Å²) in [4.78, 5) is 43.6. The Morgan fingerprint density at radius 1 is 0.722 bits per heavy atom. The first-order valence-electron chi connectivity index (χ1n) is 18.6. The first kappa shape index (κ1) is 38.7. The van der Waals surface area contributed by atoms with Gasteiger partial charge in [-0.2, -0.15) is 0 Å². The third-order valence-electron chi connectivity index (χ3n) is 9.95. The van der Waals surface area contributed by atoms with Crippen LogP contribution in [0.4, 0.5) is 4.79 Å². The molecule has 10 heteroatoms. The summed E-state index contributed by atoms with van der Waals surface area (Å²) >= 11 is 0. The number of rotatable bonds is 16. The molecular weight excluding hydrogens is 684 g/mol. The van der Waals surface area contributed by atoms with Crippen molar-refractivity contribution in [1.29, 1.82) is 0 Å². The molecule has 1 saturated carbocycles. The zero-order chi connectivity index (χ0) is 38.1. The van der Waals surface area contributed by atoms with Crippen LogP contribution in [0, 0.1) is 5.41 Å². The van der Waals surface area contributed by atoms with E-state index in [1.807, 2.05) is 121 Å². The fraction of sp³-hybridized carbons (Fsp3) is 0.386. The van der Waals surface area contributed by atoms with Crippen LogP contribution in [0.15, 0.2) is 121 Å². The molecule has 2 N–H and O–H groups in total. The predicted octanol–water partition coefficient (Wildman–Crippen LogP) is 6.95. The molecule has 0 unspecified atom stereocenters. The molecule has 4 aromatic carbocycles. The highest BCUT2D eigenvalue weighted by molar-refractivity contribution is 5.89. The second-order valence-corrected chi connectivity index (χ2v) is 15.1. The van der Waals surface area contributed by atoms with Gasteiger partial charge < -0.3 is 34.3 Å². The highest BCUT2D eigenvalue weighted by atomic mass is 16.6. The quantitative estimate of drug-likeness (QED) is 0.127. The molecular formula is C44H50N2O8. The number of likely N-dealkylation sites (tertiary alicyclic amines) is 1. The van der Waals surface area contributed by atoms with Crippen molar-refractivity contribution in [3.63, 3.8) is 0 Å². The van der Waals surface area contributed by atoms with Crippen molar-refractivity contribution in [3.8, 4) is 0 Å². The van der Waals surface area contributed by atoms with E-state index in [1.54, 1.807) is 25.7 Å². The molecule has 2 fully saturated rings. The van der Waals surface area contributed by atoms with Gasteiger partial charge in [0, 0.05) is 6.42 Å². The molecule has 10 nitrogen and oxygen atoms in total. The monoisotopic (exact) mass is 734 g/mol. The Morgan fingerprint density at radius 2 is 1.19 bits per heavy atom. The fourth-order valence-electron chi connectivity index (χ4n) is 7.23. The number of nitrogens with zero attached hydrogens (tertiary/aromatic N) is 1. The minimum Gasteiger partial charge on any atom is -0.481 e. The van der Waals surface area contributed by atoms with Crippen LogP contribution in [0.3, 0.4) is 0 Å². The van der Waals surface area contributed by atoms with E-state index >= 15 is 4.79 Å². The highest BCUT2D eigenvalue weighted by Crippen LogP contribution is 2.56. The smallest absolute Gasteiger partial charge is 0.408 e. The summed E-state index contributed by atoms with van der Waals surface area (Å²) < 4.78 is 25.5. The van der Waals surface area contributed by atoms with Crippen molar-refractivity contribution in [3.05, 3.63) is 144 Å². The van der Waals surface area contributed by atoms with Gasteiger partial charge in [0.05, 0.1) is 43.9 Å². The lowest BCUT2D eigenvalue weighted by Crippen LogP contribution is -2.58. The van der Waals surface area contributed by atoms with E-state index in [2.05, 4.69) is 5.32 Å². The predicted molar refractivity (Wildman–Crippen MR) is 203 cm³/mol. The molecule has 2 aliphatic rings. The number of nitrogens with one attached hydrogen (secondary N) is 1. The summed E-state index contributed by atoms with van der Waals surface area (Å²) in [6, 6.07) is 35.6. The molecule has 1 saturated heterocycles. The Morgan fingerprint density at radius 3 is 1.65 bits per heavy atom. The van der Waals surface area contributed by atoms with Gasteiger partial charge >= 0.3 is 12.1 Å². The second kappa shape index (κ2) is 17.4. The number of ether oxygens (including phenoxy) is 4. The van der Waals surface area contributed by atoms with Crippen molar-refractivity contribution in [2.45, 2.75) is 95.8 Å². The Hall–Kier alpha value is -5.03. The molecule has 0 spiro atoms. The average molecular weight is 735 g/mol. The van der Waals surface area contributed by atoms with Crippen molar-refractivity contribution in [1.82, 2.24) is 10.2 Å². The molecule has 54 heavy (non-hydrogen) atoms. The van der Waals surface area contributed by atoms with Crippen molar-refractivity contribution in [2.24, 2.45) is 5.41 Å². The van der Waals surface area contributed by atoms with Crippen LogP contribution in [0.1, 0.15) is 55.9 Å². The molecule has 1 aliphatic carbocycles. The van der Waals surface area contributed by atoms with Gasteiger partial charge in [0.25, 0.3) is 0 Å². The van der Waals surface area contributed by atoms with Crippen molar-refractivity contribution in [2.75, 3.05) is 6.61 Å². The maximum absolute atomic E-state index is 15.3. The van der Waals surface area contributed by atoms with E-state index in [0.717, 1.165) is 22.3 Å². The van der Waals surface area contributed by atoms with E-state index in [4.69, 9.17) is 18.9 Å². The molecule has 4 aromatic rings. The van der Waals surface area contributed by atoms with Crippen molar-refractivity contribution < 1.29 is 38.4 Å². The summed E-state index contributed by atoms with van der Waals surface area (Å²) in [6.07, 6.45) is -1.53. The van der Waals surface area contributed by atoms with E-state index in [-0.39, 0.29) is 32.8 Å². The largest absolute Gasteiger partial charge is 0.481 e. The summed E-state index contributed by atoms with van der Waals surface area (Å²) in [5, 5.41) is 13.7. The minimum absolute atomic E-state index is 0.0297. The van der Waals surface area contributed by atoms with E-state index in [0.29, 0.717) is 12.8 Å². The maximum Gasteiger partial charge on any atom is 0.408 e. The number of amides is 2. The van der Waals surface area contributed by atoms with Gasteiger partial charge in [-0.25, -0.2) is 4.79 Å². The van der Waals surface area contributed by atoms with Crippen molar-refractivity contribution >= 4 is 18.0 Å². The molecule has 0 aromatic heterocycles. The number of benzene rings is 4. The van der Waals surface area contributed by atoms with Crippen LogP contribution in [-0.4, -0.2) is 70.5 Å². The van der Waals surface area contributed by atoms with E-state index in [1.165, 1.54) is 0 Å². The number of carbonyl (C=O) groups excluding carboxylic acids is 2. The Bertz CT molecular complexity index is 1810. The minimum atomic E-state index is -1.29. The second-order valence-electron chi connectivity index (χ2n) is 15.1. The molecule has 1 aliphatic heterocycles. The van der Waals surface area contributed by atoms with Crippen LogP contribution in [-0.2, 0) is 54.8 Å². The highest BCUT2D eigenvalue weighted by Gasteiger charge is 2.68. The lowest BCUT2D eigenvalue weighted by molar-refractivity contribution is -0.153. The number of carbonyl (C=O) groups is 3. The van der Waals surface area contributed by atoms with Gasteiger partial charge in [0.15, 0.2) is 0 Å². The number of alkyl carbamates (subject to hydrolysis) is 1. The third-order valence-corrected chi connectivity index (χ3v) is 9.95.